The third-order valence-corrected chi connectivity index (χ3v) is 8.73. The van der Waals surface area contributed by atoms with Crippen LogP contribution in [0.1, 0.15) is 37.5 Å². The lowest BCUT2D eigenvalue weighted by Crippen LogP contribution is -2.40. The number of amides is 2. The van der Waals surface area contributed by atoms with E-state index in [-0.39, 0.29) is 52.4 Å². The maximum atomic E-state index is 13.4. The minimum atomic E-state index is -0.742. The van der Waals surface area contributed by atoms with E-state index in [0.717, 1.165) is 6.42 Å². The number of rotatable bonds is 7. The van der Waals surface area contributed by atoms with E-state index in [1.165, 1.54) is 41.3 Å². The molecule has 8 heteroatoms. The number of esters is 2. The van der Waals surface area contributed by atoms with Gasteiger partial charge in [-0.25, -0.2) is 14.5 Å². The van der Waals surface area contributed by atoms with Gasteiger partial charge in [0.2, 0.25) is 11.8 Å². The van der Waals surface area contributed by atoms with Crippen molar-refractivity contribution >= 4 is 35.2 Å². The molecular weight excluding hydrogens is 522 g/mol. The molecule has 2 saturated carbocycles. The van der Waals surface area contributed by atoms with E-state index in [0.29, 0.717) is 23.1 Å². The van der Waals surface area contributed by atoms with Gasteiger partial charge in [0.25, 0.3) is 0 Å². The zero-order valence-electron chi connectivity index (χ0n) is 21.8. The van der Waals surface area contributed by atoms with Crippen LogP contribution in [0.3, 0.4) is 0 Å². The molecule has 4 aliphatic carbocycles. The van der Waals surface area contributed by atoms with Crippen LogP contribution in [0.4, 0.5) is 5.69 Å². The molecule has 2 amide bonds. The summed E-state index contributed by atoms with van der Waals surface area (Å²) in [6.07, 6.45) is 5.32. The first-order valence-electron chi connectivity index (χ1n) is 13.6. The lowest BCUT2D eigenvalue weighted by Gasteiger charge is -2.37. The van der Waals surface area contributed by atoms with E-state index < -0.39 is 24.3 Å². The molecule has 2 bridgehead atoms. The number of anilines is 1. The Balaban J connectivity index is 0.984. The minimum absolute atomic E-state index is 0.112. The van der Waals surface area contributed by atoms with Gasteiger partial charge in [-0.05, 0) is 84.7 Å². The zero-order valence-corrected chi connectivity index (χ0v) is 21.8. The van der Waals surface area contributed by atoms with Gasteiger partial charge < -0.3 is 9.47 Å². The molecule has 0 radical (unpaired) electrons. The van der Waals surface area contributed by atoms with Crippen molar-refractivity contribution in [2.24, 2.45) is 35.5 Å². The topological polar surface area (TPSA) is 107 Å². The van der Waals surface area contributed by atoms with Crippen molar-refractivity contribution in [3.8, 4) is 5.75 Å². The van der Waals surface area contributed by atoms with E-state index in [9.17, 15) is 24.0 Å². The lowest BCUT2D eigenvalue weighted by atomic mass is 9.63. The van der Waals surface area contributed by atoms with E-state index >= 15 is 0 Å². The van der Waals surface area contributed by atoms with Crippen LogP contribution in [0.5, 0.6) is 5.75 Å². The Morgan fingerprint density at radius 1 is 0.707 bits per heavy atom. The summed E-state index contributed by atoms with van der Waals surface area (Å²) in [4.78, 5) is 65.7. The first kappa shape index (κ1) is 25.1. The highest BCUT2D eigenvalue weighted by Gasteiger charge is 2.67. The molecule has 41 heavy (non-hydrogen) atoms. The second-order valence-corrected chi connectivity index (χ2v) is 11.0. The Kier molecular flexibility index (Phi) is 5.92. The summed E-state index contributed by atoms with van der Waals surface area (Å²) in [7, 11) is 0. The molecule has 1 saturated heterocycles. The molecule has 6 atom stereocenters. The predicted molar refractivity (Wildman–Crippen MR) is 146 cm³/mol. The van der Waals surface area contributed by atoms with Gasteiger partial charge in [0.05, 0.1) is 28.7 Å². The van der Waals surface area contributed by atoms with Gasteiger partial charge in [-0.1, -0.05) is 36.4 Å². The molecule has 8 nitrogen and oxygen atoms in total. The van der Waals surface area contributed by atoms with E-state index in [2.05, 4.69) is 12.2 Å². The molecule has 0 spiro atoms. The zero-order chi connectivity index (χ0) is 28.2. The van der Waals surface area contributed by atoms with Crippen LogP contribution >= 0.6 is 0 Å². The smallest absolute Gasteiger partial charge is 0.343 e. The Labute approximate surface area is 235 Å². The monoisotopic (exact) mass is 547 g/mol. The third-order valence-electron chi connectivity index (χ3n) is 8.73. The summed E-state index contributed by atoms with van der Waals surface area (Å²) in [5.41, 5.74) is 1.16. The Morgan fingerprint density at radius 3 is 2.00 bits per heavy atom. The minimum Gasteiger partial charge on any atom is -0.454 e. The van der Waals surface area contributed by atoms with Crippen LogP contribution in [0.25, 0.3) is 0 Å². The Morgan fingerprint density at radius 2 is 1.34 bits per heavy atom. The number of ether oxygens (including phenoxy) is 2. The number of imide groups is 1. The highest BCUT2D eigenvalue weighted by atomic mass is 16.5. The fraction of sp³-hybridized carbons (Fsp3) is 0.242. The first-order valence-corrected chi connectivity index (χ1v) is 13.6. The van der Waals surface area contributed by atoms with E-state index in [1.54, 1.807) is 42.5 Å². The molecule has 0 N–H and O–H groups in total. The molecule has 1 aliphatic heterocycles. The fourth-order valence-electron chi connectivity index (χ4n) is 6.73. The second kappa shape index (κ2) is 9.66. The number of hydrogen-bond acceptors (Lipinski definition) is 7. The Bertz CT molecular complexity index is 1590. The number of hydrogen-bond donors (Lipinski definition) is 0. The SMILES string of the molecule is O=C(COC(=O)c1cccc(N2C(=O)C3C4C=CC(C5CC45)C3C2=O)c1)c1ccc(OC(=O)c2ccccc2)cc1. The predicted octanol–water partition coefficient (Wildman–Crippen LogP) is 4.50. The number of carbonyl (C=O) groups is 5. The maximum Gasteiger partial charge on any atom is 0.343 e. The summed E-state index contributed by atoms with van der Waals surface area (Å²) in [5, 5.41) is 0. The summed E-state index contributed by atoms with van der Waals surface area (Å²) in [6.45, 7) is -0.504. The molecule has 5 aliphatic rings. The number of nitrogens with zero attached hydrogens (tertiary/aromatic N) is 1. The first-order chi connectivity index (χ1) is 19.9. The van der Waals surface area contributed by atoms with Crippen LogP contribution in [0, 0.1) is 35.5 Å². The molecule has 3 aromatic rings. The standard InChI is InChI=1S/C33H25NO7/c35-27(18-9-11-22(12-10-18)41-33(39)19-5-2-1-3-6-19)17-40-32(38)20-7-4-8-21(15-20)34-30(36)28-23-13-14-24(26-16-25(23)26)29(28)31(34)37/h1-15,23-26,28-29H,16-17H2. The van der Waals surface area contributed by atoms with Crippen molar-refractivity contribution < 1.29 is 33.4 Å². The van der Waals surface area contributed by atoms with Crippen molar-refractivity contribution in [1.82, 2.24) is 0 Å². The fourth-order valence-corrected chi connectivity index (χ4v) is 6.73. The summed E-state index contributed by atoms with van der Waals surface area (Å²) >= 11 is 0. The van der Waals surface area contributed by atoms with Crippen LogP contribution in [-0.2, 0) is 14.3 Å². The Hall–Kier alpha value is -4.85. The second-order valence-electron chi connectivity index (χ2n) is 11.0. The number of benzene rings is 3. The number of ketones is 1. The summed E-state index contributed by atoms with van der Waals surface area (Å²) < 4.78 is 10.6. The quantitative estimate of drug-likeness (QED) is 0.141. The molecule has 3 aromatic carbocycles. The summed E-state index contributed by atoms with van der Waals surface area (Å²) in [5.74, 6) is -1.27. The largest absolute Gasteiger partial charge is 0.454 e. The van der Waals surface area contributed by atoms with Gasteiger partial charge in [-0.15, -0.1) is 0 Å². The van der Waals surface area contributed by atoms with Gasteiger partial charge in [0, 0.05) is 5.56 Å². The molecule has 204 valence electrons. The van der Waals surface area contributed by atoms with Gasteiger partial charge in [-0.2, -0.15) is 0 Å². The van der Waals surface area contributed by atoms with Gasteiger partial charge in [0.1, 0.15) is 5.75 Å². The van der Waals surface area contributed by atoms with Crippen LogP contribution in [-0.4, -0.2) is 36.1 Å². The summed E-state index contributed by atoms with van der Waals surface area (Å²) in [6, 6.07) is 20.7. The van der Waals surface area contributed by atoms with Gasteiger partial charge in [0.15, 0.2) is 12.4 Å². The van der Waals surface area contributed by atoms with Crippen molar-refractivity contribution in [1.29, 1.82) is 0 Å². The maximum absolute atomic E-state index is 13.4. The highest BCUT2D eigenvalue weighted by Crippen LogP contribution is 2.65. The average molecular weight is 548 g/mol. The normalized spacial score (nSPS) is 26.8. The lowest BCUT2D eigenvalue weighted by molar-refractivity contribution is -0.124. The number of Topliss-reactive ketones (excluding diaryl/α,β-unsaturated/α-hetero) is 1. The molecule has 3 fully saturated rings. The van der Waals surface area contributed by atoms with Crippen LogP contribution in [0.15, 0.2) is 91.0 Å². The van der Waals surface area contributed by atoms with E-state index in [4.69, 9.17) is 9.47 Å². The average Bonchev–Trinajstić information content (AvgIpc) is 3.79. The molecule has 6 unspecified atom stereocenters. The van der Waals surface area contributed by atoms with Gasteiger partial charge in [-0.3, -0.25) is 14.4 Å². The van der Waals surface area contributed by atoms with Crippen molar-refractivity contribution in [2.75, 3.05) is 11.5 Å². The van der Waals surface area contributed by atoms with Crippen molar-refractivity contribution in [3.63, 3.8) is 0 Å². The van der Waals surface area contributed by atoms with Crippen LogP contribution < -0.4 is 9.64 Å². The number of allylic oxidation sites excluding steroid dienone is 2. The highest BCUT2D eigenvalue weighted by molar-refractivity contribution is 6.23. The molecule has 8 rings (SSSR count). The van der Waals surface area contributed by atoms with Crippen molar-refractivity contribution in [2.45, 2.75) is 6.42 Å². The molecular formula is C33H25NO7. The molecule has 1 heterocycles. The van der Waals surface area contributed by atoms with Crippen molar-refractivity contribution in [3.05, 3.63) is 108 Å². The number of carbonyl (C=O) groups excluding carboxylic acids is 5. The molecule has 0 aromatic heterocycles. The third kappa shape index (κ3) is 4.27. The van der Waals surface area contributed by atoms with Gasteiger partial charge >= 0.3 is 11.9 Å². The van der Waals surface area contributed by atoms with Crippen LogP contribution in [0.2, 0.25) is 0 Å². The van der Waals surface area contributed by atoms with E-state index in [1.807, 2.05) is 0 Å².